The number of fused-ring (bicyclic) bond motifs is 1. The van der Waals surface area contributed by atoms with Crippen molar-refractivity contribution >= 4 is 23.3 Å². The van der Waals surface area contributed by atoms with Crippen molar-refractivity contribution < 1.29 is 14.7 Å². The van der Waals surface area contributed by atoms with Crippen LogP contribution < -0.4 is 10.2 Å². The van der Waals surface area contributed by atoms with Crippen molar-refractivity contribution in [3.05, 3.63) is 77.6 Å². The van der Waals surface area contributed by atoms with Crippen LogP contribution in [0.4, 0.5) is 11.4 Å². The summed E-state index contributed by atoms with van der Waals surface area (Å²) in [4.78, 5) is 29.7. The molecular formula is C25H25N3O3. The van der Waals surface area contributed by atoms with Crippen LogP contribution in [0.15, 0.2) is 60.9 Å². The van der Waals surface area contributed by atoms with Gasteiger partial charge in [-0.1, -0.05) is 12.1 Å². The molecule has 6 heteroatoms. The van der Waals surface area contributed by atoms with Gasteiger partial charge in [0, 0.05) is 31.0 Å². The Morgan fingerprint density at radius 2 is 1.97 bits per heavy atom. The summed E-state index contributed by atoms with van der Waals surface area (Å²) in [5.74, 6) is -0.921. The van der Waals surface area contributed by atoms with E-state index >= 15 is 0 Å². The average molecular weight is 415 g/mol. The minimum atomic E-state index is -0.938. The number of carbonyl (C=O) groups excluding carboxylic acids is 1. The van der Waals surface area contributed by atoms with Crippen molar-refractivity contribution in [3.8, 4) is 11.1 Å². The van der Waals surface area contributed by atoms with Gasteiger partial charge in [0.05, 0.1) is 17.3 Å². The predicted molar refractivity (Wildman–Crippen MR) is 121 cm³/mol. The molecule has 1 amide bonds. The maximum absolute atomic E-state index is 12.4. The van der Waals surface area contributed by atoms with Crippen LogP contribution in [-0.4, -0.2) is 28.0 Å². The highest BCUT2D eigenvalue weighted by atomic mass is 16.4. The van der Waals surface area contributed by atoms with Crippen LogP contribution in [0.1, 0.15) is 47.8 Å². The van der Waals surface area contributed by atoms with E-state index in [1.165, 1.54) is 0 Å². The molecule has 4 rings (SSSR count). The molecule has 0 saturated heterocycles. The number of aromatic carboxylic acids is 1. The highest BCUT2D eigenvalue weighted by molar-refractivity contribution is 5.94. The summed E-state index contributed by atoms with van der Waals surface area (Å²) in [5, 5.41) is 12.8. The molecule has 1 aliphatic heterocycles. The number of benzene rings is 2. The zero-order valence-electron chi connectivity index (χ0n) is 17.8. The van der Waals surface area contributed by atoms with Gasteiger partial charge in [-0.05, 0) is 78.9 Å². The Kier molecular flexibility index (Phi) is 5.46. The van der Waals surface area contributed by atoms with Crippen LogP contribution in [0.3, 0.4) is 0 Å². The summed E-state index contributed by atoms with van der Waals surface area (Å²) in [7, 11) is 0. The smallest absolute Gasteiger partial charge is 0.335 e. The van der Waals surface area contributed by atoms with E-state index in [9.17, 15) is 14.7 Å². The Morgan fingerprint density at radius 1 is 1.16 bits per heavy atom. The van der Waals surface area contributed by atoms with E-state index in [-0.39, 0.29) is 23.6 Å². The molecule has 6 nitrogen and oxygen atoms in total. The maximum atomic E-state index is 12.4. The van der Waals surface area contributed by atoms with Crippen molar-refractivity contribution in [2.45, 2.75) is 39.3 Å². The molecular weight excluding hydrogens is 390 g/mol. The Labute approximate surface area is 181 Å². The van der Waals surface area contributed by atoms with Crippen LogP contribution >= 0.6 is 0 Å². The van der Waals surface area contributed by atoms with Gasteiger partial charge in [-0.2, -0.15) is 0 Å². The molecule has 1 aromatic heterocycles. The first-order valence-electron chi connectivity index (χ1n) is 10.3. The van der Waals surface area contributed by atoms with Crippen LogP contribution in [0.5, 0.6) is 0 Å². The number of anilines is 2. The van der Waals surface area contributed by atoms with Gasteiger partial charge < -0.3 is 15.3 Å². The van der Waals surface area contributed by atoms with Gasteiger partial charge >= 0.3 is 5.97 Å². The van der Waals surface area contributed by atoms with Crippen LogP contribution in [0.2, 0.25) is 0 Å². The highest BCUT2D eigenvalue weighted by Crippen LogP contribution is 2.41. The van der Waals surface area contributed by atoms with Crippen LogP contribution in [-0.2, 0) is 4.79 Å². The Balaban J connectivity index is 1.80. The molecule has 2 heterocycles. The van der Waals surface area contributed by atoms with Gasteiger partial charge in [0.1, 0.15) is 0 Å². The largest absolute Gasteiger partial charge is 0.478 e. The predicted octanol–water partition coefficient (Wildman–Crippen LogP) is 5.05. The molecule has 1 aliphatic rings. The lowest BCUT2D eigenvalue weighted by Crippen LogP contribution is -2.43. The number of carboxylic acids is 1. The van der Waals surface area contributed by atoms with Gasteiger partial charge in [-0.3, -0.25) is 9.78 Å². The molecule has 0 saturated carbocycles. The third-order valence-corrected chi connectivity index (χ3v) is 5.81. The molecule has 2 aromatic carbocycles. The third-order valence-electron chi connectivity index (χ3n) is 5.81. The molecule has 2 N–H and O–H groups in total. The number of carboxylic acid groups (broad SMARTS) is 1. The summed E-state index contributed by atoms with van der Waals surface area (Å²) in [6.45, 7) is 5.57. The summed E-state index contributed by atoms with van der Waals surface area (Å²) in [5.41, 5.74) is 5.99. The monoisotopic (exact) mass is 415 g/mol. The number of hydrogen-bond donors (Lipinski definition) is 2. The van der Waals surface area contributed by atoms with E-state index in [2.05, 4.69) is 23.3 Å². The normalized spacial score (nSPS) is 17.7. The molecule has 0 radical (unpaired) electrons. The van der Waals surface area contributed by atoms with E-state index in [1.807, 2.05) is 42.2 Å². The number of aryl methyl sites for hydroxylation is 1. The first-order valence-corrected chi connectivity index (χ1v) is 10.3. The van der Waals surface area contributed by atoms with Gasteiger partial charge in [0.15, 0.2) is 0 Å². The summed E-state index contributed by atoms with van der Waals surface area (Å²) in [6.07, 6.45) is 4.30. The number of amides is 1. The molecule has 0 bridgehead atoms. The zero-order chi connectivity index (χ0) is 22.1. The standard InChI is InChI=1S/C25H25N3O3/c1-15-11-19(25(30)31)6-8-21(15)18-7-9-24-22(13-18)23(12-16(2)28(24)17(3)29)27-20-5-4-10-26-14-20/h4-11,13-14,16,23,27H,12H2,1-3H3,(H,30,31). The number of hydrogen-bond acceptors (Lipinski definition) is 4. The lowest BCUT2D eigenvalue weighted by atomic mass is 9.88. The lowest BCUT2D eigenvalue weighted by Gasteiger charge is -2.39. The Hall–Kier alpha value is -3.67. The molecule has 0 spiro atoms. The van der Waals surface area contributed by atoms with E-state index in [0.29, 0.717) is 0 Å². The van der Waals surface area contributed by atoms with Gasteiger partial charge in [-0.15, -0.1) is 0 Å². The number of rotatable bonds is 4. The van der Waals surface area contributed by atoms with Gasteiger partial charge in [-0.25, -0.2) is 4.79 Å². The van der Waals surface area contributed by atoms with Crippen molar-refractivity contribution in [1.29, 1.82) is 0 Å². The molecule has 31 heavy (non-hydrogen) atoms. The topological polar surface area (TPSA) is 82.5 Å². The van der Waals surface area contributed by atoms with E-state index in [0.717, 1.165) is 40.0 Å². The fourth-order valence-corrected chi connectivity index (χ4v) is 4.42. The van der Waals surface area contributed by atoms with Gasteiger partial charge in [0.2, 0.25) is 5.91 Å². The van der Waals surface area contributed by atoms with Crippen LogP contribution in [0, 0.1) is 6.92 Å². The Bertz CT molecular complexity index is 1140. The summed E-state index contributed by atoms with van der Waals surface area (Å²) in [6, 6.07) is 15.2. The van der Waals surface area contributed by atoms with E-state index < -0.39 is 5.97 Å². The fraction of sp³-hybridized carbons (Fsp3) is 0.240. The Morgan fingerprint density at radius 3 is 2.61 bits per heavy atom. The number of pyridine rings is 1. The highest BCUT2D eigenvalue weighted by Gasteiger charge is 2.32. The van der Waals surface area contributed by atoms with E-state index in [1.54, 1.807) is 31.5 Å². The molecule has 3 aromatic rings. The second-order valence-electron chi connectivity index (χ2n) is 8.02. The minimum Gasteiger partial charge on any atom is -0.478 e. The quantitative estimate of drug-likeness (QED) is 0.623. The third kappa shape index (κ3) is 4.01. The molecule has 0 fully saturated rings. The number of carbonyl (C=O) groups is 2. The van der Waals surface area contributed by atoms with Crippen LogP contribution in [0.25, 0.3) is 11.1 Å². The first-order chi connectivity index (χ1) is 14.8. The molecule has 2 atom stereocenters. The van der Waals surface area contributed by atoms with Crippen molar-refractivity contribution in [2.24, 2.45) is 0 Å². The zero-order valence-corrected chi connectivity index (χ0v) is 17.8. The maximum Gasteiger partial charge on any atom is 0.335 e. The fourth-order valence-electron chi connectivity index (χ4n) is 4.42. The summed E-state index contributed by atoms with van der Waals surface area (Å²) >= 11 is 0. The number of nitrogens with one attached hydrogen (secondary N) is 1. The first kappa shape index (κ1) is 20.6. The average Bonchev–Trinajstić information content (AvgIpc) is 2.74. The number of nitrogens with zero attached hydrogens (tertiary/aromatic N) is 2. The SMILES string of the molecule is CC(=O)N1c2ccc(-c3ccc(C(=O)O)cc3C)cc2C(Nc2cccnc2)CC1C. The second-order valence-corrected chi connectivity index (χ2v) is 8.02. The summed E-state index contributed by atoms with van der Waals surface area (Å²) < 4.78 is 0. The number of aromatic nitrogens is 1. The lowest BCUT2D eigenvalue weighted by molar-refractivity contribution is -0.117. The van der Waals surface area contributed by atoms with Crippen molar-refractivity contribution in [1.82, 2.24) is 4.98 Å². The van der Waals surface area contributed by atoms with Crippen molar-refractivity contribution in [2.75, 3.05) is 10.2 Å². The second kappa shape index (κ2) is 8.22. The minimum absolute atomic E-state index is 0.0170. The molecule has 0 aliphatic carbocycles. The molecule has 2 unspecified atom stereocenters. The van der Waals surface area contributed by atoms with Crippen molar-refractivity contribution in [3.63, 3.8) is 0 Å². The van der Waals surface area contributed by atoms with Gasteiger partial charge in [0.25, 0.3) is 0 Å². The molecule has 158 valence electrons. The van der Waals surface area contributed by atoms with E-state index in [4.69, 9.17) is 0 Å².